The molecule has 3 fully saturated rings. The molecule has 1 aromatic heterocycles. The lowest BCUT2D eigenvalue weighted by Crippen LogP contribution is -2.54. The molecule has 1 spiro atoms. The minimum absolute atomic E-state index is 0.0501. The van der Waals surface area contributed by atoms with Crippen molar-refractivity contribution in [3.05, 3.63) is 21.4 Å². The van der Waals surface area contributed by atoms with Gasteiger partial charge < -0.3 is 15.0 Å². The van der Waals surface area contributed by atoms with E-state index in [0.717, 1.165) is 58.2 Å². The summed E-state index contributed by atoms with van der Waals surface area (Å²) in [5.74, 6) is -0.164. The van der Waals surface area contributed by atoms with Gasteiger partial charge in [-0.15, -0.1) is 11.3 Å². The van der Waals surface area contributed by atoms with E-state index < -0.39 is 28.0 Å². The third-order valence-electron chi connectivity index (χ3n) is 8.07. The largest absolute Gasteiger partial charge is 0.370 e. The van der Waals surface area contributed by atoms with Crippen LogP contribution in [0.4, 0.5) is 4.79 Å². The van der Waals surface area contributed by atoms with Gasteiger partial charge in [-0.2, -0.15) is 0 Å². The summed E-state index contributed by atoms with van der Waals surface area (Å²) in [5.41, 5.74) is 1.30. The van der Waals surface area contributed by atoms with E-state index in [2.05, 4.69) is 40.2 Å². The van der Waals surface area contributed by atoms with Crippen LogP contribution < -0.4 is 15.4 Å². The fraction of sp³-hybridized carbons (Fsp3) is 0.750. The summed E-state index contributed by atoms with van der Waals surface area (Å²) in [5, 5.41) is 4.57. The molecule has 0 bridgehead atoms. The summed E-state index contributed by atoms with van der Waals surface area (Å²) >= 11 is 1.96. The summed E-state index contributed by atoms with van der Waals surface area (Å²) in [6.07, 6.45) is 5.87. The highest BCUT2D eigenvalue weighted by Gasteiger charge is 2.45. The van der Waals surface area contributed by atoms with Crippen LogP contribution in [0.2, 0.25) is 0 Å². The van der Waals surface area contributed by atoms with E-state index in [1.165, 1.54) is 15.3 Å². The predicted molar refractivity (Wildman–Crippen MR) is 134 cm³/mol. The number of aryl methyl sites for hydroxylation is 1. The van der Waals surface area contributed by atoms with Crippen LogP contribution in [0.25, 0.3) is 0 Å². The quantitative estimate of drug-likeness (QED) is 0.447. The van der Waals surface area contributed by atoms with E-state index in [1.807, 2.05) is 11.3 Å². The van der Waals surface area contributed by atoms with E-state index >= 15 is 0 Å². The Bertz CT molecular complexity index is 1080. The fourth-order valence-electron chi connectivity index (χ4n) is 6.11. The number of hydrogen-bond donors (Lipinski definition) is 3. The summed E-state index contributed by atoms with van der Waals surface area (Å²) < 4.78 is 34.1. The molecule has 1 aromatic rings. The maximum atomic E-state index is 12.4. The van der Waals surface area contributed by atoms with Crippen LogP contribution in [0.15, 0.2) is 6.07 Å². The molecule has 0 aromatic carbocycles. The molecule has 4 aliphatic rings. The molecule has 2 saturated heterocycles. The highest BCUT2D eigenvalue weighted by molar-refractivity contribution is 7.89. The predicted octanol–water partition coefficient (Wildman–Crippen LogP) is 1.86. The molecule has 5 rings (SSSR count). The second-order valence-electron chi connectivity index (χ2n) is 10.6. The lowest BCUT2D eigenvalue weighted by atomic mass is 9.77. The Morgan fingerprint density at radius 1 is 1.31 bits per heavy atom. The molecule has 1 unspecified atom stereocenters. The average Bonchev–Trinajstić information content (AvgIpc) is 3.35. The first kappa shape index (κ1) is 25.1. The van der Waals surface area contributed by atoms with Gasteiger partial charge in [-0.25, -0.2) is 17.9 Å². The standard InChI is InChI=1S/C24H36N4O5S2/c1-3-18-12-19-21(34-18)4-8-33-24(19)6-7-28(15(2)13-24)14-16-10-17(11-16)27-35(31,32)9-5-20-22(29)26-23(30)25-20/h12,15-17,20,27H,3-11,13-14H2,1-2H3,(H2,25,26,29,30)/t15-,16?,17?,20?,24+/m0/s1. The zero-order chi connectivity index (χ0) is 24.8. The minimum atomic E-state index is -3.50. The van der Waals surface area contributed by atoms with Gasteiger partial charge in [0.25, 0.3) is 5.91 Å². The topological polar surface area (TPSA) is 117 Å². The van der Waals surface area contributed by atoms with Gasteiger partial charge in [0.15, 0.2) is 0 Å². The second-order valence-corrected chi connectivity index (χ2v) is 13.7. The van der Waals surface area contributed by atoms with E-state index in [4.69, 9.17) is 4.74 Å². The number of carbonyl (C=O) groups excluding carboxylic acids is 2. The molecule has 4 heterocycles. The van der Waals surface area contributed by atoms with Crippen LogP contribution in [0.3, 0.4) is 0 Å². The molecule has 194 valence electrons. The van der Waals surface area contributed by atoms with E-state index in [9.17, 15) is 18.0 Å². The Hall–Kier alpha value is -1.53. The van der Waals surface area contributed by atoms with Crippen molar-refractivity contribution in [3.8, 4) is 0 Å². The number of amides is 3. The molecular weight excluding hydrogens is 488 g/mol. The number of sulfonamides is 1. The van der Waals surface area contributed by atoms with E-state index in [0.29, 0.717) is 12.0 Å². The zero-order valence-corrected chi connectivity index (χ0v) is 22.1. The highest BCUT2D eigenvalue weighted by Crippen LogP contribution is 2.46. The van der Waals surface area contributed by atoms with Gasteiger partial charge in [-0.3, -0.25) is 10.1 Å². The fourth-order valence-corrected chi connectivity index (χ4v) is 8.65. The summed E-state index contributed by atoms with van der Waals surface area (Å²) in [6, 6.07) is 1.41. The van der Waals surface area contributed by atoms with Crippen molar-refractivity contribution in [1.29, 1.82) is 0 Å². The van der Waals surface area contributed by atoms with Crippen LogP contribution in [0.1, 0.15) is 61.3 Å². The molecular formula is C24H36N4O5S2. The first-order chi connectivity index (χ1) is 16.7. The van der Waals surface area contributed by atoms with Gasteiger partial charge in [-0.1, -0.05) is 6.92 Å². The first-order valence-corrected chi connectivity index (χ1v) is 15.2. The third-order valence-corrected chi connectivity index (χ3v) is 10.9. The van der Waals surface area contributed by atoms with Crippen molar-refractivity contribution in [2.75, 3.05) is 25.4 Å². The number of rotatable bonds is 8. The Balaban J connectivity index is 1.08. The van der Waals surface area contributed by atoms with Crippen molar-refractivity contribution in [3.63, 3.8) is 0 Å². The molecule has 3 atom stereocenters. The maximum absolute atomic E-state index is 12.4. The number of ether oxygens (including phenoxy) is 1. The summed E-state index contributed by atoms with van der Waals surface area (Å²) in [7, 11) is -3.50. The van der Waals surface area contributed by atoms with Crippen molar-refractivity contribution < 1.29 is 22.7 Å². The normalized spacial score (nSPS) is 33.3. The maximum Gasteiger partial charge on any atom is 0.322 e. The van der Waals surface area contributed by atoms with Crippen molar-refractivity contribution in [2.24, 2.45) is 5.92 Å². The van der Waals surface area contributed by atoms with E-state index in [-0.39, 0.29) is 23.8 Å². The van der Waals surface area contributed by atoms with Gasteiger partial charge in [0.05, 0.1) is 18.0 Å². The van der Waals surface area contributed by atoms with Crippen LogP contribution in [-0.4, -0.2) is 68.8 Å². The van der Waals surface area contributed by atoms with Gasteiger partial charge in [0.1, 0.15) is 6.04 Å². The number of likely N-dealkylation sites (tertiary alicyclic amines) is 1. The molecule has 1 saturated carbocycles. The van der Waals surface area contributed by atoms with Crippen molar-refractivity contribution in [2.45, 2.75) is 82.5 Å². The number of carbonyl (C=O) groups is 2. The third kappa shape index (κ3) is 5.29. The number of nitrogens with zero attached hydrogens (tertiary/aromatic N) is 1. The highest BCUT2D eigenvalue weighted by atomic mass is 32.2. The van der Waals surface area contributed by atoms with Gasteiger partial charge in [-0.05, 0) is 63.0 Å². The van der Waals surface area contributed by atoms with Crippen LogP contribution >= 0.6 is 11.3 Å². The first-order valence-electron chi connectivity index (χ1n) is 12.8. The van der Waals surface area contributed by atoms with Gasteiger partial charge >= 0.3 is 6.03 Å². The summed E-state index contributed by atoms with van der Waals surface area (Å²) in [4.78, 5) is 28.3. The number of hydrogen-bond acceptors (Lipinski definition) is 7. The van der Waals surface area contributed by atoms with Crippen LogP contribution in [0.5, 0.6) is 0 Å². The number of piperidine rings is 1. The minimum Gasteiger partial charge on any atom is -0.370 e. The molecule has 3 N–H and O–H groups in total. The zero-order valence-electron chi connectivity index (χ0n) is 20.5. The Morgan fingerprint density at radius 3 is 2.80 bits per heavy atom. The Kier molecular flexibility index (Phi) is 6.99. The van der Waals surface area contributed by atoms with Crippen LogP contribution in [0, 0.1) is 5.92 Å². The van der Waals surface area contributed by atoms with Gasteiger partial charge in [0.2, 0.25) is 10.0 Å². The smallest absolute Gasteiger partial charge is 0.322 e. The lowest BCUT2D eigenvalue weighted by Gasteiger charge is -2.49. The number of imide groups is 1. The molecule has 35 heavy (non-hydrogen) atoms. The number of urea groups is 1. The number of fused-ring (bicyclic) bond motifs is 2. The van der Waals surface area contributed by atoms with Crippen LogP contribution in [-0.2, 0) is 38.0 Å². The lowest BCUT2D eigenvalue weighted by molar-refractivity contribution is -0.120. The molecule has 11 heteroatoms. The molecule has 3 amide bonds. The Morgan fingerprint density at radius 2 is 2.11 bits per heavy atom. The van der Waals surface area contributed by atoms with Gasteiger partial charge in [0, 0.05) is 41.3 Å². The molecule has 1 aliphatic carbocycles. The van der Waals surface area contributed by atoms with Crippen molar-refractivity contribution in [1.82, 2.24) is 20.3 Å². The Labute approximate surface area is 211 Å². The van der Waals surface area contributed by atoms with E-state index in [1.54, 1.807) is 0 Å². The SMILES string of the molecule is CCc1cc2c(s1)CCO[C@@]21CCN(CC2CC(NS(=O)(=O)CCC3NC(=O)NC3=O)C2)[C@@H](C)C1. The number of nitrogens with one attached hydrogen (secondary N) is 3. The van der Waals surface area contributed by atoms with Crippen molar-refractivity contribution >= 4 is 33.3 Å². The molecule has 0 radical (unpaired) electrons. The molecule has 9 nitrogen and oxygen atoms in total. The summed E-state index contributed by atoms with van der Waals surface area (Å²) in [6.45, 7) is 7.31. The monoisotopic (exact) mass is 524 g/mol. The molecule has 3 aliphatic heterocycles. The average molecular weight is 525 g/mol. The second kappa shape index (κ2) is 9.74. The number of thiophene rings is 1.